The zero-order valence-corrected chi connectivity index (χ0v) is 19.3. The van der Waals surface area contributed by atoms with Crippen molar-refractivity contribution in [3.63, 3.8) is 0 Å². The highest BCUT2D eigenvalue weighted by Crippen LogP contribution is 2.46. The number of aromatic carboxylic acids is 1. The van der Waals surface area contributed by atoms with Crippen LogP contribution in [0.5, 0.6) is 0 Å². The van der Waals surface area contributed by atoms with E-state index >= 15 is 0 Å². The molecule has 0 aromatic heterocycles. The molecule has 0 saturated heterocycles. The van der Waals surface area contributed by atoms with Gasteiger partial charge in [-0.1, -0.05) is 71.0 Å². The molecule has 0 radical (unpaired) electrons. The van der Waals surface area contributed by atoms with Gasteiger partial charge in [0.05, 0.1) is 5.56 Å². The first-order valence-electron chi connectivity index (χ1n) is 11.2. The summed E-state index contributed by atoms with van der Waals surface area (Å²) in [6.07, 6.45) is 2.44. The second-order valence-corrected chi connectivity index (χ2v) is 10.4. The molecule has 0 bridgehead atoms. The molecule has 1 atom stereocenters. The lowest BCUT2D eigenvalue weighted by molar-refractivity contribution is 0.0699. The number of carboxylic acids is 1. The number of carbonyl (C=O) groups is 1. The number of nitrogens with one attached hydrogen (secondary N) is 1. The van der Waals surface area contributed by atoms with Crippen LogP contribution in [-0.2, 0) is 10.8 Å². The highest BCUT2D eigenvalue weighted by Gasteiger charge is 2.36. The van der Waals surface area contributed by atoms with Gasteiger partial charge in [0.25, 0.3) is 0 Å². The van der Waals surface area contributed by atoms with Crippen LogP contribution in [0.25, 0.3) is 10.8 Å². The molecule has 3 nitrogen and oxygen atoms in total. The minimum atomic E-state index is -0.883. The number of hydrogen-bond acceptors (Lipinski definition) is 2. The minimum absolute atomic E-state index is 0.203. The molecule has 2 N–H and O–H groups in total. The lowest BCUT2D eigenvalue weighted by Crippen LogP contribution is -2.33. The summed E-state index contributed by atoms with van der Waals surface area (Å²) in [5.74, 6) is -0.579. The highest BCUT2D eigenvalue weighted by molar-refractivity contribution is 6.03. The summed E-state index contributed by atoms with van der Waals surface area (Å²) in [5.41, 5.74) is 6.12. The topological polar surface area (TPSA) is 49.3 Å². The Hall–Kier alpha value is -2.81. The normalized spacial score (nSPS) is 17.7. The van der Waals surface area contributed by atoms with Gasteiger partial charge in [0.15, 0.2) is 0 Å². The fraction of sp³-hybridized carbons (Fsp3) is 0.393. The van der Waals surface area contributed by atoms with Crippen LogP contribution in [0.15, 0.2) is 54.6 Å². The van der Waals surface area contributed by atoms with E-state index in [1.54, 1.807) is 6.07 Å². The predicted molar refractivity (Wildman–Crippen MR) is 130 cm³/mol. The quantitative estimate of drug-likeness (QED) is 0.467. The standard InChI is InChI=1S/C28H33NO2/c1-18(19-9-11-22-20(15-19)7-6-8-23(22)26(30)31)17-29-21-10-12-24-25(16-21)28(4,5)14-13-27(24,2)3/h6-12,15-16,18,29H,13-14,17H2,1-5H3,(H,30,31). The van der Waals surface area contributed by atoms with Gasteiger partial charge in [-0.25, -0.2) is 4.79 Å². The van der Waals surface area contributed by atoms with Gasteiger partial charge in [0.1, 0.15) is 0 Å². The summed E-state index contributed by atoms with van der Waals surface area (Å²) in [6, 6.07) is 18.4. The molecule has 0 fully saturated rings. The fourth-order valence-corrected chi connectivity index (χ4v) is 4.88. The highest BCUT2D eigenvalue weighted by atomic mass is 16.4. The van der Waals surface area contributed by atoms with Gasteiger partial charge in [-0.05, 0) is 75.3 Å². The van der Waals surface area contributed by atoms with E-state index in [0.29, 0.717) is 11.5 Å². The zero-order valence-electron chi connectivity index (χ0n) is 19.3. The van der Waals surface area contributed by atoms with Crippen LogP contribution >= 0.6 is 0 Å². The number of rotatable bonds is 5. The molecule has 0 saturated carbocycles. The van der Waals surface area contributed by atoms with E-state index in [1.807, 2.05) is 18.2 Å². The minimum Gasteiger partial charge on any atom is -0.478 e. The molecule has 3 aromatic carbocycles. The number of fused-ring (bicyclic) bond motifs is 2. The van der Waals surface area contributed by atoms with Crippen molar-refractivity contribution in [1.29, 1.82) is 0 Å². The summed E-state index contributed by atoms with van der Waals surface area (Å²) in [5, 5.41) is 14.8. The SMILES string of the molecule is CC(CNc1ccc2c(c1)C(C)(C)CCC2(C)C)c1ccc2c(C(=O)O)cccc2c1. The first-order valence-corrected chi connectivity index (χ1v) is 11.2. The van der Waals surface area contributed by atoms with Crippen molar-refractivity contribution in [2.45, 2.75) is 64.2 Å². The molecule has 4 rings (SSSR count). The van der Waals surface area contributed by atoms with Crippen LogP contribution in [0.2, 0.25) is 0 Å². The molecule has 1 unspecified atom stereocenters. The average molecular weight is 416 g/mol. The molecular formula is C28H33NO2. The molecule has 0 aliphatic heterocycles. The van der Waals surface area contributed by atoms with E-state index in [2.05, 4.69) is 70.3 Å². The Bertz CT molecular complexity index is 1140. The van der Waals surface area contributed by atoms with Crippen LogP contribution < -0.4 is 5.32 Å². The third-order valence-electron chi connectivity index (χ3n) is 7.17. The largest absolute Gasteiger partial charge is 0.478 e. The van der Waals surface area contributed by atoms with E-state index in [-0.39, 0.29) is 10.8 Å². The van der Waals surface area contributed by atoms with Crippen LogP contribution in [0, 0.1) is 0 Å². The average Bonchev–Trinajstić information content (AvgIpc) is 2.74. The molecule has 0 amide bonds. The van der Waals surface area contributed by atoms with E-state index in [9.17, 15) is 9.90 Å². The summed E-state index contributed by atoms with van der Waals surface area (Å²) in [7, 11) is 0. The lowest BCUT2D eigenvalue weighted by Gasteiger charge is -2.42. The van der Waals surface area contributed by atoms with E-state index in [4.69, 9.17) is 0 Å². The van der Waals surface area contributed by atoms with Crippen LogP contribution in [0.1, 0.15) is 80.4 Å². The predicted octanol–water partition coefficient (Wildman–Crippen LogP) is 7.10. The van der Waals surface area contributed by atoms with Crippen LogP contribution in [0.4, 0.5) is 5.69 Å². The Morgan fingerprint density at radius 1 is 0.968 bits per heavy atom. The Kier molecular flexibility index (Phi) is 5.33. The van der Waals surface area contributed by atoms with Crippen molar-refractivity contribution in [1.82, 2.24) is 0 Å². The van der Waals surface area contributed by atoms with Gasteiger partial charge in [-0.15, -0.1) is 0 Å². The van der Waals surface area contributed by atoms with E-state index in [0.717, 1.165) is 17.3 Å². The first-order chi connectivity index (χ1) is 14.6. The van der Waals surface area contributed by atoms with Gasteiger partial charge in [0.2, 0.25) is 0 Å². The molecule has 1 aliphatic rings. The second kappa shape index (κ2) is 7.71. The fourth-order valence-electron chi connectivity index (χ4n) is 4.88. The zero-order chi connectivity index (χ0) is 22.4. The molecular weight excluding hydrogens is 382 g/mol. The second-order valence-electron chi connectivity index (χ2n) is 10.4. The first kappa shape index (κ1) is 21.4. The Labute approximate surface area is 185 Å². The molecule has 1 aliphatic carbocycles. The van der Waals surface area contributed by atoms with Crippen LogP contribution in [0.3, 0.4) is 0 Å². The van der Waals surface area contributed by atoms with Crippen molar-refractivity contribution >= 4 is 22.4 Å². The summed E-state index contributed by atoms with van der Waals surface area (Å²) < 4.78 is 0. The van der Waals surface area contributed by atoms with Gasteiger partial charge < -0.3 is 10.4 Å². The molecule has 162 valence electrons. The smallest absolute Gasteiger partial charge is 0.336 e. The van der Waals surface area contributed by atoms with Gasteiger partial charge in [-0.3, -0.25) is 0 Å². The van der Waals surface area contributed by atoms with Crippen LogP contribution in [-0.4, -0.2) is 17.6 Å². The van der Waals surface area contributed by atoms with E-state index < -0.39 is 5.97 Å². The lowest BCUT2D eigenvalue weighted by atomic mass is 9.63. The summed E-state index contributed by atoms with van der Waals surface area (Å²) in [4.78, 5) is 11.5. The maximum atomic E-state index is 11.5. The molecule has 3 heteroatoms. The molecule has 31 heavy (non-hydrogen) atoms. The number of anilines is 1. The monoisotopic (exact) mass is 415 g/mol. The number of benzene rings is 3. The van der Waals surface area contributed by atoms with Gasteiger partial charge in [-0.2, -0.15) is 0 Å². The number of carboxylic acid groups (broad SMARTS) is 1. The maximum Gasteiger partial charge on any atom is 0.336 e. The Morgan fingerprint density at radius 2 is 1.68 bits per heavy atom. The molecule has 0 heterocycles. The van der Waals surface area contributed by atoms with Crippen molar-refractivity contribution in [2.75, 3.05) is 11.9 Å². The summed E-state index contributed by atoms with van der Waals surface area (Å²) >= 11 is 0. The molecule has 3 aromatic rings. The number of hydrogen-bond donors (Lipinski definition) is 2. The molecule has 0 spiro atoms. The third-order valence-corrected chi connectivity index (χ3v) is 7.17. The third kappa shape index (κ3) is 4.06. The van der Waals surface area contributed by atoms with Crippen molar-refractivity contribution in [3.8, 4) is 0 Å². The van der Waals surface area contributed by atoms with Crippen molar-refractivity contribution in [2.24, 2.45) is 0 Å². The Morgan fingerprint density at radius 3 is 2.39 bits per heavy atom. The van der Waals surface area contributed by atoms with Gasteiger partial charge in [0, 0.05) is 12.2 Å². The van der Waals surface area contributed by atoms with Gasteiger partial charge >= 0.3 is 5.97 Å². The summed E-state index contributed by atoms with van der Waals surface area (Å²) in [6.45, 7) is 12.5. The Balaban J connectivity index is 1.54. The van der Waals surface area contributed by atoms with Crippen molar-refractivity contribution < 1.29 is 9.90 Å². The maximum absolute atomic E-state index is 11.5. The van der Waals surface area contributed by atoms with E-state index in [1.165, 1.54) is 35.2 Å². The van der Waals surface area contributed by atoms with Crippen molar-refractivity contribution in [3.05, 3.63) is 76.9 Å².